The summed E-state index contributed by atoms with van der Waals surface area (Å²) in [5.41, 5.74) is 0.858. The molecule has 2 rings (SSSR count). The Morgan fingerprint density at radius 1 is 1.59 bits per heavy atom. The topological polar surface area (TPSA) is 35.5 Å². The van der Waals surface area contributed by atoms with Crippen molar-refractivity contribution in [2.24, 2.45) is 0 Å². The lowest BCUT2D eigenvalue weighted by Crippen LogP contribution is -2.26. The number of methoxy groups -OCH3 is 1. The van der Waals surface area contributed by atoms with Gasteiger partial charge in [0.1, 0.15) is 5.92 Å². The molecule has 1 aromatic carbocycles. The fraction of sp³-hybridized carbons (Fsp3) is 0.462. The molecule has 0 aromatic heterocycles. The molecule has 92 valence electrons. The number of carbonyl (C=O) groups excluding carboxylic acids is 1. The van der Waals surface area contributed by atoms with Crippen LogP contribution in [0.4, 0.5) is 0 Å². The number of ether oxygens (including phenoxy) is 2. The second-order valence-corrected chi connectivity index (χ2v) is 4.54. The number of benzene rings is 1. The van der Waals surface area contributed by atoms with Crippen molar-refractivity contribution in [3.8, 4) is 0 Å². The fourth-order valence-electron chi connectivity index (χ4n) is 2.19. The van der Waals surface area contributed by atoms with Crippen LogP contribution in [-0.2, 0) is 14.3 Å². The highest BCUT2D eigenvalue weighted by molar-refractivity contribution is 6.30. The predicted octanol–water partition coefficient (Wildman–Crippen LogP) is 2.78. The number of hydrogen-bond acceptors (Lipinski definition) is 3. The van der Waals surface area contributed by atoms with Crippen LogP contribution in [0.25, 0.3) is 0 Å². The molecule has 4 heteroatoms. The third-order valence-corrected chi connectivity index (χ3v) is 3.23. The molecule has 1 fully saturated rings. The van der Waals surface area contributed by atoms with Gasteiger partial charge in [-0.1, -0.05) is 23.7 Å². The molecule has 3 nitrogen and oxygen atoms in total. The maximum absolute atomic E-state index is 11.9. The second-order valence-electron chi connectivity index (χ2n) is 4.11. The summed E-state index contributed by atoms with van der Waals surface area (Å²) in [6.07, 6.45) is 1.77. The molecular weight excluding hydrogens is 240 g/mol. The maximum atomic E-state index is 11.9. The van der Waals surface area contributed by atoms with Gasteiger partial charge in [-0.2, -0.15) is 0 Å². The first-order valence-corrected chi connectivity index (χ1v) is 6.05. The van der Waals surface area contributed by atoms with Crippen LogP contribution in [0.1, 0.15) is 24.3 Å². The van der Waals surface area contributed by atoms with Crippen LogP contribution in [0.3, 0.4) is 0 Å². The summed E-state index contributed by atoms with van der Waals surface area (Å²) in [7, 11) is 1.40. The average Bonchev–Trinajstić information content (AvgIpc) is 2.83. The van der Waals surface area contributed by atoms with E-state index >= 15 is 0 Å². The lowest BCUT2D eigenvalue weighted by atomic mass is 9.92. The average molecular weight is 255 g/mol. The Labute approximate surface area is 106 Å². The minimum absolute atomic E-state index is 0.0964. The van der Waals surface area contributed by atoms with Crippen molar-refractivity contribution in [3.63, 3.8) is 0 Å². The van der Waals surface area contributed by atoms with E-state index in [2.05, 4.69) is 0 Å². The summed E-state index contributed by atoms with van der Waals surface area (Å²) >= 11 is 5.95. The number of rotatable bonds is 3. The first-order chi connectivity index (χ1) is 8.22. The van der Waals surface area contributed by atoms with Gasteiger partial charge in [0.25, 0.3) is 0 Å². The van der Waals surface area contributed by atoms with E-state index in [4.69, 9.17) is 21.1 Å². The minimum atomic E-state index is -0.374. The molecule has 0 saturated carbocycles. The monoisotopic (exact) mass is 254 g/mol. The molecule has 1 aromatic rings. The number of halogens is 1. The Morgan fingerprint density at radius 2 is 2.41 bits per heavy atom. The summed E-state index contributed by atoms with van der Waals surface area (Å²) in [4.78, 5) is 11.9. The minimum Gasteiger partial charge on any atom is -0.468 e. The normalized spacial score (nSPS) is 21.2. The van der Waals surface area contributed by atoms with E-state index in [1.54, 1.807) is 12.1 Å². The van der Waals surface area contributed by atoms with E-state index in [-0.39, 0.29) is 18.0 Å². The van der Waals surface area contributed by atoms with Crippen molar-refractivity contribution in [2.75, 3.05) is 13.7 Å². The van der Waals surface area contributed by atoms with Crippen molar-refractivity contribution < 1.29 is 14.3 Å². The van der Waals surface area contributed by atoms with Gasteiger partial charge in [0.05, 0.1) is 13.2 Å². The molecule has 0 bridgehead atoms. The van der Waals surface area contributed by atoms with Gasteiger partial charge in [-0.05, 0) is 30.5 Å². The van der Waals surface area contributed by atoms with Crippen LogP contribution >= 0.6 is 11.6 Å². The SMILES string of the molecule is COC(=O)[C@H](c1cccc(Cl)c1)[C@@H]1CCCO1. The Bertz CT molecular complexity index is 399. The molecule has 1 heterocycles. The largest absolute Gasteiger partial charge is 0.468 e. The quantitative estimate of drug-likeness (QED) is 0.778. The standard InChI is InChI=1S/C13H15ClO3/c1-16-13(15)12(11-6-3-7-17-11)9-4-2-5-10(14)8-9/h2,4-5,8,11-12H,3,6-7H2,1H3/t11-,12+/m0/s1. The van der Waals surface area contributed by atoms with Gasteiger partial charge in [-0.25, -0.2) is 0 Å². The van der Waals surface area contributed by atoms with Gasteiger partial charge >= 0.3 is 5.97 Å². The Morgan fingerprint density at radius 3 is 3.00 bits per heavy atom. The maximum Gasteiger partial charge on any atom is 0.315 e. The Kier molecular flexibility index (Phi) is 4.02. The first kappa shape index (κ1) is 12.4. The molecule has 0 aliphatic carbocycles. The van der Waals surface area contributed by atoms with Gasteiger partial charge < -0.3 is 9.47 Å². The summed E-state index contributed by atoms with van der Waals surface area (Å²) in [6, 6.07) is 7.30. The molecule has 1 saturated heterocycles. The van der Waals surface area contributed by atoms with Crippen LogP contribution in [0, 0.1) is 0 Å². The van der Waals surface area contributed by atoms with Crippen LogP contribution in [-0.4, -0.2) is 25.8 Å². The molecule has 1 aliphatic rings. The number of carbonyl (C=O) groups is 1. The first-order valence-electron chi connectivity index (χ1n) is 5.67. The summed E-state index contributed by atoms with van der Waals surface area (Å²) in [6.45, 7) is 0.707. The van der Waals surface area contributed by atoms with E-state index in [1.807, 2.05) is 12.1 Å². The summed E-state index contributed by atoms with van der Waals surface area (Å²) in [5.74, 6) is -0.639. The van der Waals surface area contributed by atoms with E-state index < -0.39 is 0 Å². The van der Waals surface area contributed by atoms with Crippen molar-refractivity contribution in [2.45, 2.75) is 24.9 Å². The Balaban J connectivity index is 2.29. The van der Waals surface area contributed by atoms with Gasteiger partial charge in [-0.3, -0.25) is 4.79 Å². The zero-order valence-corrected chi connectivity index (χ0v) is 10.4. The highest BCUT2D eigenvalue weighted by atomic mass is 35.5. The van der Waals surface area contributed by atoms with E-state index in [1.165, 1.54) is 7.11 Å². The zero-order valence-electron chi connectivity index (χ0n) is 9.69. The van der Waals surface area contributed by atoms with Crippen LogP contribution in [0.5, 0.6) is 0 Å². The lowest BCUT2D eigenvalue weighted by Gasteiger charge is -2.21. The third kappa shape index (κ3) is 2.79. The zero-order chi connectivity index (χ0) is 12.3. The molecular formula is C13H15ClO3. The van der Waals surface area contributed by atoms with Gasteiger partial charge in [0, 0.05) is 11.6 Å². The van der Waals surface area contributed by atoms with E-state index in [0.717, 1.165) is 18.4 Å². The second kappa shape index (κ2) is 5.52. The van der Waals surface area contributed by atoms with Crippen molar-refractivity contribution >= 4 is 17.6 Å². The molecule has 0 amide bonds. The molecule has 0 N–H and O–H groups in total. The molecule has 2 atom stereocenters. The van der Waals surface area contributed by atoms with E-state index in [9.17, 15) is 4.79 Å². The van der Waals surface area contributed by atoms with Crippen LogP contribution in [0.15, 0.2) is 24.3 Å². The molecule has 17 heavy (non-hydrogen) atoms. The highest BCUT2D eigenvalue weighted by Crippen LogP contribution is 2.31. The summed E-state index contributed by atoms with van der Waals surface area (Å²) < 4.78 is 10.4. The number of hydrogen-bond donors (Lipinski definition) is 0. The fourth-order valence-corrected chi connectivity index (χ4v) is 2.39. The van der Waals surface area contributed by atoms with Crippen LogP contribution < -0.4 is 0 Å². The summed E-state index contributed by atoms with van der Waals surface area (Å²) in [5, 5.41) is 0.620. The molecule has 0 radical (unpaired) electrons. The smallest absolute Gasteiger partial charge is 0.315 e. The van der Waals surface area contributed by atoms with Crippen LogP contribution in [0.2, 0.25) is 5.02 Å². The van der Waals surface area contributed by atoms with Gasteiger partial charge in [0.2, 0.25) is 0 Å². The molecule has 1 aliphatic heterocycles. The van der Waals surface area contributed by atoms with Crippen molar-refractivity contribution in [3.05, 3.63) is 34.9 Å². The molecule has 0 unspecified atom stereocenters. The van der Waals surface area contributed by atoms with E-state index in [0.29, 0.717) is 11.6 Å². The van der Waals surface area contributed by atoms with Gasteiger partial charge in [-0.15, -0.1) is 0 Å². The van der Waals surface area contributed by atoms with Gasteiger partial charge in [0.15, 0.2) is 0 Å². The molecule has 0 spiro atoms. The third-order valence-electron chi connectivity index (χ3n) is 3.00. The number of esters is 1. The Hall–Kier alpha value is -1.06. The predicted molar refractivity (Wildman–Crippen MR) is 65.2 cm³/mol. The highest BCUT2D eigenvalue weighted by Gasteiger charge is 2.33. The van der Waals surface area contributed by atoms with Crippen molar-refractivity contribution in [1.82, 2.24) is 0 Å². The lowest BCUT2D eigenvalue weighted by molar-refractivity contribution is -0.145. The van der Waals surface area contributed by atoms with Crippen molar-refractivity contribution in [1.29, 1.82) is 0 Å².